The normalized spacial score (nSPS) is 15.7. The van der Waals surface area contributed by atoms with Gasteiger partial charge in [-0.25, -0.2) is 4.39 Å². The lowest BCUT2D eigenvalue weighted by Gasteiger charge is -2.14. The summed E-state index contributed by atoms with van der Waals surface area (Å²) in [6.07, 6.45) is 2.67. The Balaban J connectivity index is 1.47. The third-order valence-electron chi connectivity index (χ3n) is 3.89. The minimum Gasteiger partial charge on any atom is -0.460 e. The van der Waals surface area contributed by atoms with Gasteiger partial charge in [-0.2, -0.15) is 0 Å². The second kappa shape index (κ2) is 6.87. The summed E-state index contributed by atoms with van der Waals surface area (Å²) >= 11 is 0. The molecule has 2 heterocycles. The molecule has 0 aliphatic carbocycles. The van der Waals surface area contributed by atoms with E-state index in [0.717, 1.165) is 36.7 Å². The van der Waals surface area contributed by atoms with Crippen molar-refractivity contribution in [3.8, 4) is 11.3 Å². The van der Waals surface area contributed by atoms with E-state index in [-0.39, 0.29) is 5.82 Å². The number of furan rings is 1. The van der Waals surface area contributed by atoms with Gasteiger partial charge in [0.1, 0.15) is 17.3 Å². The van der Waals surface area contributed by atoms with Gasteiger partial charge in [-0.3, -0.25) is 0 Å². The van der Waals surface area contributed by atoms with Crippen molar-refractivity contribution in [3.63, 3.8) is 0 Å². The number of likely N-dealkylation sites (tertiary alicyclic amines) is 1. The van der Waals surface area contributed by atoms with Gasteiger partial charge in [-0.15, -0.1) is 0 Å². The lowest BCUT2D eigenvalue weighted by Crippen LogP contribution is -2.29. The van der Waals surface area contributed by atoms with Crippen LogP contribution in [0.2, 0.25) is 0 Å². The first-order valence-electron chi connectivity index (χ1n) is 7.59. The maximum atomic E-state index is 12.9. The Labute approximate surface area is 124 Å². The molecule has 3 nitrogen and oxygen atoms in total. The SMILES string of the molecule is Fc1ccc(-c2ccc(CNCCN3CCCC3)o2)cc1. The summed E-state index contributed by atoms with van der Waals surface area (Å²) in [6, 6.07) is 10.3. The summed E-state index contributed by atoms with van der Waals surface area (Å²) in [6.45, 7) is 5.28. The van der Waals surface area contributed by atoms with Crippen LogP contribution in [0.15, 0.2) is 40.8 Å². The van der Waals surface area contributed by atoms with Crippen LogP contribution in [0.3, 0.4) is 0 Å². The van der Waals surface area contributed by atoms with Crippen LogP contribution in [0.25, 0.3) is 11.3 Å². The van der Waals surface area contributed by atoms with Crippen LogP contribution >= 0.6 is 0 Å². The molecule has 0 spiro atoms. The average molecular weight is 288 g/mol. The van der Waals surface area contributed by atoms with E-state index in [2.05, 4.69) is 10.2 Å². The Morgan fingerprint density at radius 1 is 1.05 bits per heavy atom. The van der Waals surface area contributed by atoms with Gasteiger partial charge in [-0.05, 0) is 62.3 Å². The Bertz CT molecular complexity index is 558. The van der Waals surface area contributed by atoms with E-state index >= 15 is 0 Å². The van der Waals surface area contributed by atoms with Gasteiger partial charge in [0.2, 0.25) is 0 Å². The highest BCUT2D eigenvalue weighted by molar-refractivity contribution is 5.57. The van der Waals surface area contributed by atoms with Crippen molar-refractivity contribution in [2.45, 2.75) is 19.4 Å². The molecule has 0 unspecified atom stereocenters. The Morgan fingerprint density at radius 3 is 2.57 bits per heavy atom. The molecule has 112 valence electrons. The summed E-state index contributed by atoms with van der Waals surface area (Å²) in [5.41, 5.74) is 0.903. The van der Waals surface area contributed by atoms with Gasteiger partial charge in [0, 0.05) is 18.7 Å². The van der Waals surface area contributed by atoms with Crippen LogP contribution in [0.4, 0.5) is 4.39 Å². The Morgan fingerprint density at radius 2 is 1.81 bits per heavy atom. The van der Waals surface area contributed by atoms with Crippen molar-refractivity contribution in [2.24, 2.45) is 0 Å². The van der Waals surface area contributed by atoms with Crippen molar-refractivity contribution in [1.82, 2.24) is 10.2 Å². The largest absolute Gasteiger partial charge is 0.460 e. The van der Waals surface area contributed by atoms with Crippen LogP contribution in [-0.4, -0.2) is 31.1 Å². The molecule has 1 aliphatic heterocycles. The summed E-state index contributed by atoms with van der Waals surface area (Å²) < 4.78 is 18.7. The molecule has 1 saturated heterocycles. The number of halogens is 1. The molecule has 1 aromatic carbocycles. The van der Waals surface area contributed by atoms with Crippen LogP contribution in [-0.2, 0) is 6.54 Å². The molecule has 4 heteroatoms. The summed E-state index contributed by atoms with van der Waals surface area (Å²) in [5.74, 6) is 1.47. The van der Waals surface area contributed by atoms with Gasteiger partial charge in [-0.1, -0.05) is 0 Å². The molecule has 3 rings (SSSR count). The van der Waals surface area contributed by atoms with Gasteiger partial charge in [0.25, 0.3) is 0 Å². The highest BCUT2D eigenvalue weighted by Gasteiger charge is 2.10. The van der Waals surface area contributed by atoms with Crippen LogP contribution in [0.5, 0.6) is 0 Å². The van der Waals surface area contributed by atoms with E-state index in [1.54, 1.807) is 12.1 Å². The molecule has 1 aromatic heterocycles. The number of benzene rings is 1. The number of nitrogens with one attached hydrogen (secondary N) is 1. The molecular weight excluding hydrogens is 267 g/mol. The first-order valence-corrected chi connectivity index (χ1v) is 7.59. The molecule has 1 N–H and O–H groups in total. The fourth-order valence-corrected chi connectivity index (χ4v) is 2.70. The molecule has 0 bridgehead atoms. The molecule has 1 aliphatic rings. The summed E-state index contributed by atoms with van der Waals surface area (Å²) in [4.78, 5) is 2.49. The van der Waals surface area contributed by atoms with Crippen molar-refractivity contribution in [1.29, 1.82) is 0 Å². The molecular formula is C17H21FN2O. The third kappa shape index (κ3) is 3.93. The highest BCUT2D eigenvalue weighted by atomic mass is 19.1. The Kier molecular flexibility index (Phi) is 4.68. The molecule has 2 aromatic rings. The zero-order valence-corrected chi connectivity index (χ0v) is 12.1. The topological polar surface area (TPSA) is 28.4 Å². The van der Waals surface area contributed by atoms with Crippen molar-refractivity contribution in [2.75, 3.05) is 26.2 Å². The third-order valence-corrected chi connectivity index (χ3v) is 3.89. The predicted molar refractivity (Wildman–Crippen MR) is 81.5 cm³/mol. The maximum absolute atomic E-state index is 12.9. The monoisotopic (exact) mass is 288 g/mol. The van der Waals surface area contributed by atoms with Crippen LogP contribution < -0.4 is 5.32 Å². The highest BCUT2D eigenvalue weighted by Crippen LogP contribution is 2.22. The second-order valence-corrected chi connectivity index (χ2v) is 5.50. The smallest absolute Gasteiger partial charge is 0.134 e. The zero-order chi connectivity index (χ0) is 14.5. The Hall–Kier alpha value is -1.65. The standard InChI is InChI=1S/C17H21FN2O/c18-15-5-3-14(4-6-15)17-8-7-16(21-17)13-19-9-12-20-10-1-2-11-20/h3-8,19H,1-2,9-13H2. The molecule has 0 atom stereocenters. The van der Waals surface area contributed by atoms with E-state index in [0.29, 0.717) is 0 Å². The van der Waals surface area contributed by atoms with Gasteiger partial charge < -0.3 is 14.6 Å². The van der Waals surface area contributed by atoms with Crippen molar-refractivity contribution >= 4 is 0 Å². The van der Waals surface area contributed by atoms with Gasteiger partial charge >= 0.3 is 0 Å². The second-order valence-electron chi connectivity index (χ2n) is 5.50. The van der Waals surface area contributed by atoms with E-state index in [9.17, 15) is 4.39 Å². The van der Waals surface area contributed by atoms with Gasteiger partial charge in [0.15, 0.2) is 0 Å². The number of hydrogen-bond donors (Lipinski definition) is 1. The zero-order valence-electron chi connectivity index (χ0n) is 12.1. The van der Waals surface area contributed by atoms with Gasteiger partial charge in [0.05, 0.1) is 6.54 Å². The molecule has 0 radical (unpaired) electrons. The van der Waals surface area contributed by atoms with Crippen LogP contribution in [0, 0.1) is 5.82 Å². The minimum absolute atomic E-state index is 0.228. The predicted octanol–water partition coefficient (Wildman–Crippen LogP) is 3.27. The summed E-state index contributed by atoms with van der Waals surface area (Å²) in [7, 11) is 0. The van der Waals surface area contributed by atoms with E-state index < -0.39 is 0 Å². The molecule has 21 heavy (non-hydrogen) atoms. The fraction of sp³-hybridized carbons (Fsp3) is 0.412. The molecule has 1 fully saturated rings. The average Bonchev–Trinajstić information content (AvgIpc) is 3.16. The van der Waals surface area contributed by atoms with E-state index in [4.69, 9.17) is 4.42 Å². The quantitative estimate of drug-likeness (QED) is 0.827. The first-order chi connectivity index (χ1) is 10.3. The van der Waals surface area contributed by atoms with E-state index in [1.807, 2.05) is 12.1 Å². The summed E-state index contributed by atoms with van der Waals surface area (Å²) in [5, 5.41) is 3.41. The number of nitrogens with zero attached hydrogens (tertiary/aromatic N) is 1. The number of hydrogen-bond acceptors (Lipinski definition) is 3. The molecule has 0 saturated carbocycles. The van der Waals surface area contributed by atoms with E-state index in [1.165, 1.54) is 38.1 Å². The molecule has 0 amide bonds. The number of rotatable bonds is 6. The maximum Gasteiger partial charge on any atom is 0.134 e. The lowest BCUT2D eigenvalue weighted by molar-refractivity contribution is 0.333. The first kappa shape index (κ1) is 14.3. The van der Waals surface area contributed by atoms with Crippen molar-refractivity contribution in [3.05, 3.63) is 48.0 Å². The minimum atomic E-state index is -0.228. The fourth-order valence-electron chi connectivity index (χ4n) is 2.70. The van der Waals surface area contributed by atoms with Crippen LogP contribution in [0.1, 0.15) is 18.6 Å². The van der Waals surface area contributed by atoms with Crippen molar-refractivity contribution < 1.29 is 8.81 Å². The lowest BCUT2D eigenvalue weighted by atomic mass is 10.2.